The maximum Gasteiger partial charge on any atom is 0.187 e. The minimum Gasteiger partial charge on any atom is -0.247 e. The number of nitrogens with zero attached hydrogens (tertiary/aromatic N) is 7. The van der Waals surface area contributed by atoms with Gasteiger partial charge in [-0.2, -0.15) is 10.5 Å². The van der Waals surface area contributed by atoms with Crippen LogP contribution in [-0.2, 0) is 0 Å². The Bertz CT molecular complexity index is 3050. The molecule has 0 radical (unpaired) electrons. The van der Waals surface area contributed by atoms with Crippen LogP contribution in [-0.4, -0.2) is 15.0 Å². The van der Waals surface area contributed by atoms with Gasteiger partial charge in [0.1, 0.15) is 11.6 Å². The van der Waals surface area contributed by atoms with Crippen LogP contribution in [0, 0.1) is 59.1 Å². The van der Waals surface area contributed by atoms with Gasteiger partial charge in [0.2, 0.25) is 0 Å². The molecule has 0 saturated carbocycles. The van der Waals surface area contributed by atoms with Gasteiger partial charge in [0.25, 0.3) is 0 Å². The Balaban J connectivity index is 1.55. The third-order valence-corrected chi connectivity index (χ3v) is 9.09. The molecule has 0 spiro atoms. The molecule has 7 nitrogen and oxygen atoms in total. The molecule has 6 aromatic carbocycles. The van der Waals surface area contributed by atoms with Crippen LogP contribution in [0.5, 0.6) is 0 Å². The van der Waals surface area contributed by atoms with E-state index in [-0.39, 0.29) is 38.8 Å². The number of hydrogen-bond donors (Lipinski definition) is 0. The van der Waals surface area contributed by atoms with Crippen molar-refractivity contribution in [1.29, 1.82) is 10.5 Å². The minimum absolute atomic E-state index is 0.0505. The van der Waals surface area contributed by atoms with Crippen molar-refractivity contribution in [2.45, 2.75) is 0 Å². The zero-order chi connectivity index (χ0) is 37.7. The fourth-order valence-corrected chi connectivity index (χ4v) is 6.61. The third kappa shape index (κ3) is 5.13. The Labute approximate surface area is 303 Å². The number of benzene rings is 6. The van der Waals surface area contributed by atoms with Crippen LogP contribution >= 0.6 is 0 Å². The van der Waals surface area contributed by atoms with E-state index in [2.05, 4.69) is 15.8 Å². The van der Waals surface area contributed by atoms with Gasteiger partial charge in [-0.25, -0.2) is 42.2 Å². The second kappa shape index (κ2) is 13.0. The van der Waals surface area contributed by atoms with Gasteiger partial charge in [-0.05, 0) is 28.8 Å². The van der Waals surface area contributed by atoms with E-state index >= 15 is 17.6 Å². The van der Waals surface area contributed by atoms with E-state index in [0.29, 0.717) is 50.2 Å². The van der Waals surface area contributed by atoms with E-state index in [0.717, 1.165) is 0 Å². The van der Waals surface area contributed by atoms with Crippen LogP contribution in [0.4, 0.5) is 28.9 Å². The van der Waals surface area contributed by atoms with Crippen molar-refractivity contribution in [2.75, 3.05) is 0 Å². The number of hydrogen-bond acceptors (Lipinski definition) is 5. The number of aromatic nitrogens is 3. The number of para-hydroxylation sites is 1. The molecule has 0 saturated heterocycles. The predicted molar refractivity (Wildman–Crippen MR) is 196 cm³/mol. The first-order chi connectivity index (χ1) is 26.3. The number of rotatable bonds is 4. The summed E-state index contributed by atoms with van der Waals surface area (Å²) in [6.07, 6.45) is 0. The van der Waals surface area contributed by atoms with Crippen LogP contribution < -0.4 is 0 Å². The molecule has 0 atom stereocenters. The molecule has 2 aromatic heterocycles. The highest BCUT2D eigenvalue weighted by atomic mass is 19.2. The normalized spacial score (nSPS) is 10.9. The summed E-state index contributed by atoms with van der Waals surface area (Å²) in [6, 6.07) is 31.1. The van der Waals surface area contributed by atoms with E-state index in [1.54, 1.807) is 84.9 Å². The maximum absolute atomic E-state index is 15.7. The van der Waals surface area contributed by atoms with E-state index < -0.39 is 34.4 Å². The highest BCUT2D eigenvalue weighted by Crippen LogP contribution is 2.44. The van der Waals surface area contributed by atoms with Crippen molar-refractivity contribution in [3.63, 3.8) is 0 Å². The third-order valence-electron chi connectivity index (χ3n) is 9.09. The topological polar surface area (TPSA) is 95.0 Å². The summed E-state index contributed by atoms with van der Waals surface area (Å²) >= 11 is 0. The summed E-state index contributed by atoms with van der Waals surface area (Å²) in [5.74, 6) is -7.20. The average Bonchev–Trinajstić information content (AvgIpc) is 3.22. The predicted octanol–water partition coefficient (Wildman–Crippen LogP) is 11.4. The van der Waals surface area contributed by atoms with Gasteiger partial charge < -0.3 is 0 Å². The Morgan fingerprint density at radius 2 is 1.07 bits per heavy atom. The van der Waals surface area contributed by atoms with Crippen LogP contribution in [0.1, 0.15) is 11.1 Å². The lowest BCUT2D eigenvalue weighted by molar-refractivity contribution is 0.454. The van der Waals surface area contributed by atoms with E-state index in [9.17, 15) is 10.5 Å². The van der Waals surface area contributed by atoms with Crippen molar-refractivity contribution < 1.29 is 17.6 Å². The number of nitriles is 2. The molecule has 2 heterocycles. The van der Waals surface area contributed by atoms with Gasteiger partial charge in [-0.15, -0.1) is 0 Å². The Kier molecular flexibility index (Phi) is 7.96. The van der Waals surface area contributed by atoms with Crippen molar-refractivity contribution in [3.8, 4) is 57.0 Å². The lowest BCUT2D eigenvalue weighted by Crippen LogP contribution is -2.05. The lowest BCUT2D eigenvalue weighted by Gasteiger charge is -2.18. The molecule has 0 aliphatic carbocycles. The molecule has 8 aromatic rings. The molecular formula is C43H17F4N7. The van der Waals surface area contributed by atoms with Crippen molar-refractivity contribution >= 4 is 44.1 Å². The molecule has 54 heavy (non-hydrogen) atoms. The summed E-state index contributed by atoms with van der Waals surface area (Å²) in [5, 5.41) is 21.0. The monoisotopic (exact) mass is 707 g/mol. The second-order valence-electron chi connectivity index (χ2n) is 12.0. The highest BCUT2D eigenvalue weighted by molar-refractivity contribution is 6.22. The zero-order valence-electron chi connectivity index (χ0n) is 27.5. The number of fused-ring (bicyclic) bond motifs is 5. The molecule has 0 bridgehead atoms. The van der Waals surface area contributed by atoms with Crippen molar-refractivity contribution in [3.05, 3.63) is 160 Å². The Morgan fingerprint density at radius 3 is 1.65 bits per heavy atom. The quantitative estimate of drug-likeness (QED) is 0.0785. The summed E-state index contributed by atoms with van der Waals surface area (Å²) in [4.78, 5) is 22.0. The second-order valence-corrected chi connectivity index (χ2v) is 12.0. The number of pyridine rings is 1. The van der Waals surface area contributed by atoms with Gasteiger partial charge in [-0.3, -0.25) is 0 Å². The molecular weight excluding hydrogens is 691 g/mol. The standard InChI is InChI=1S/C43H17F4N7/c1-50-25-15-11-22(12-16-25)40-41(23-13-17-26(51-2)18-14-23)54-43-32(53-40)19-24(20-48)33-29-9-5-6-10-31(29)52-42(35(33)43)28-8-4-3-7-27(28)34-38(46)36(44)30(21-49)37(45)39(34)47/h3-19H. The molecule has 11 heteroatoms. The molecule has 8 rings (SSSR count). The molecule has 252 valence electrons. The minimum atomic E-state index is -1.84. The summed E-state index contributed by atoms with van der Waals surface area (Å²) in [5.41, 5.74) is 1.30. The SMILES string of the molecule is [C-]#[N+]c1ccc(-c2nc3cc(C#N)c4c5ccccc5nc(-c5ccccc5-c5c(F)c(F)c(C#N)c(F)c5F)c4c3nc2-c2ccc([N+]#[C-])cc2)cc1. The lowest BCUT2D eigenvalue weighted by atomic mass is 9.90. The van der Waals surface area contributed by atoms with Crippen LogP contribution in [0.3, 0.4) is 0 Å². The summed E-state index contributed by atoms with van der Waals surface area (Å²) < 4.78 is 61.5. The molecule has 0 aliphatic heterocycles. The molecule has 0 aliphatic rings. The molecule has 0 unspecified atom stereocenters. The largest absolute Gasteiger partial charge is 0.247 e. The first-order valence-electron chi connectivity index (χ1n) is 16.1. The first-order valence-corrected chi connectivity index (χ1v) is 16.1. The average molecular weight is 708 g/mol. The molecule has 0 fully saturated rings. The molecule has 0 N–H and O–H groups in total. The van der Waals surface area contributed by atoms with Gasteiger partial charge in [0.15, 0.2) is 34.6 Å². The maximum atomic E-state index is 15.7. The van der Waals surface area contributed by atoms with Gasteiger partial charge in [0.05, 0.1) is 64.0 Å². The summed E-state index contributed by atoms with van der Waals surface area (Å²) in [7, 11) is 0. The van der Waals surface area contributed by atoms with E-state index in [1.807, 2.05) is 0 Å². The summed E-state index contributed by atoms with van der Waals surface area (Å²) in [6.45, 7) is 14.8. The highest BCUT2D eigenvalue weighted by Gasteiger charge is 2.29. The van der Waals surface area contributed by atoms with E-state index in [1.165, 1.54) is 24.3 Å². The van der Waals surface area contributed by atoms with E-state index in [4.69, 9.17) is 28.1 Å². The fraction of sp³-hybridized carbons (Fsp3) is 0. The van der Waals surface area contributed by atoms with Gasteiger partial charge >= 0.3 is 0 Å². The van der Waals surface area contributed by atoms with Crippen molar-refractivity contribution in [2.24, 2.45) is 0 Å². The van der Waals surface area contributed by atoms with Crippen molar-refractivity contribution in [1.82, 2.24) is 15.0 Å². The van der Waals surface area contributed by atoms with Crippen LogP contribution in [0.25, 0.3) is 87.3 Å². The smallest absolute Gasteiger partial charge is 0.187 e. The Morgan fingerprint density at radius 1 is 0.537 bits per heavy atom. The van der Waals surface area contributed by atoms with Gasteiger partial charge in [-0.1, -0.05) is 91.0 Å². The molecule has 0 amide bonds. The van der Waals surface area contributed by atoms with Gasteiger partial charge in [0, 0.05) is 21.7 Å². The van der Waals surface area contributed by atoms with Crippen LogP contribution in [0.15, 0.2) is 103 Å². The van der Waals surface area contributed by atoms with Crippen LogP contribution in [0.2, 0.25) is 0 Å². The zero-order valence-corrected chi connectivity index (χ0v) is 27.5. The Hall–Kier alpha value is -7.99. The fourth-order valence-electron chi connectivity index (χ4n) is 6.61. The number of halogens is 4. The first kappa shape index (κ1) is 33.2.